The van der Waals surface area contributed by atoms with Gasteiger partial charge in [0.2, 0.25) is 10.0 Å². The van der Waals surface area contributed by atoms with E-state index in [0.29, 0.717) is 18.5 Å². The minimum atomic E-state index is -3.58. The molecule has 0 saturated heterocycles. The van der Waals surface area contributed by atoms with Gasteiger partial charge in [-0.05, 0) is 42.7 Å². The number of aryl methyl sites for hydroxylation is 1. The summed E-state index contributed by atoms with van der Waals surface area (Å²) < 4.78 is 26.6. The number of nitrogen functional groups attached to an aromatic ring is 1. The first-order valence-corrected chi connectivity index (χ1v) is 8.07. The summed E-state index contributed by atoms with van der Waals surface area (Å²) in [6.07, 6.45) is 4.02. The van der Waals surface area contributed by atoms with Crippen LogP contribution in [0.2, 0.25) is 0 Å². The van der Waals surface area contributed by atoms with Crippen molar-refractivity contribution in [3.63, 3.8) is 0 Å². The Hall–Kier alpha value is -1.92. The second-order valence-electron chi connectivity index (χ2n) is 4.93. The number of aromatic nitrogens is 1. The van der Waals surface area contributed by atoms with Crippen LogP contribution in [0.25, 0.3) is 0 Å². The fraction of sp³-hybridized carbons (Fsp3) is 0.267. The number of pyridine rings is 1. The van der Waals surface area contributed by atoms with Gasteiger partial charge in [0.15, 0.2) is 0 Å². The quantitative estimate of drug-likeness (QED) is 0.855. The molecule has 6 heteroatoms. The highest BCUT2D eigenvalue weighted by Crippen LogP contribution is 2.25. The summed E-state index contributed by atoms with van der Waals surface area (Å²) in [4.78, 5) is 4.14. The fourth-order valence-electron chi connectivity index (χ4n) is 2.14. The van der Waals surface area contributed by atoms with Crippen molar-refractivity contribution in [1.29, 1.82) is 0 Å². The summed E-state index contributed by atoms with van der Waals surface area (Å²) in [7, 11) is -2.01. The third-order valence-electron chi connectivity index (χ3n) is 3.38. The van der Waals surface area contributed by atoms with Crippen LogP contribution < -0.4 is 5.73 Å². The predicted molar refractivity (Wildman–Crippen MR) is 83.3 cm³/mol. The molecule has 2 N–H and O–H groups in total. The maximum Gasteiger partial charge on any atom is 0.245 e. The monoisotopic (exact) mass is 305 g/mol. The zero-order valence-corrected chi connectivity index (χ0v) is 13.0. The Bertz CT molecular complexity index is 695. The van der Waals surface area contributed by atoms with Crippen LogP contribution in [0.5, 0.6) is 0 Å². The molecular formula is C15H19N3O2S. The summed E-state index contributed by atoms with van der Waals surface area (Å²) in [5.41, 5.74) is 7.83. The average Bonchev–Trinajstić information content (AvgIpc) is 2.45. The summed E-state index contributed by atoms with van der Waals surface area (Å²) in [6, 6.07) is 8.86. The lowest BCUT2D eigenvalue weighted by Gasteiger charge is -2.19. The molecule has 5 nitrogen and oxygen atoms in total. The molecule has 0 saturated carbocycles. The zero-order chi connectivity index (χ0) is 15.5. The van der Waals surface area contributed by atoms with Crippen LogP contribution in [-0.4, -0.2) is 31.3 Å². The molecule has 2 aromatic rings. The number of hydrogen-bond acceptors (Lipinski definition) is 4. The van der Waals surface area contributed by atoms with Crippen LogP contribution >= 0.6 is 0 Å². The van der Waals surface area contributed by atoms with Gasteiger partial charge >= 0.3 is 0 Å². The number of hydrogen-bond donors (Lipinski definition) is 1. The van der Waals surface area contributed by atoms with Gasteiger partial charge in [-0.15, -0.1) is 0 Å². The molecule has 0 aliphatic carbocycles. The molecule has 0 radical (unpaired) electrons. The fourth-order valence-corrected chi connectivity index (χ4v) is 3.62. The molecule has 0 aliphatic heterocycles. The topological polar surface area (TPSA) is 76.3 Å². The van der Waals surface area contributed by atoms with E-state index in [2.05, 4.69) is 4.98 Å². The van der Waals surface area contributed by atoms with Gasteiger partial charge in [0.1, 0.15) is 4.90 Å². The molecule has 1 aromatic heterocycles. The van der Waals surface area contributed by atoms with E-state index in [9.17, 15) is 8.42 Å². The molecule has 0 atom stereocenters. The molecule has 21 heavy (non-hydrogen) atoms. The molecule has 2 rings (SSSR count). The van der Waals surface area contributed by atoms with Gasteiger partial charge in [-0.1, -0.05) is 12.1 Å². The maximum atomic E-state index is 12.6. The Morgan fingerprint density at radius 3 is 2.48 bits per heavy atom. The molecule has 0 fully saturated rings. The SMILES string of the molecule is Cc1cccc(N)c1S(=O)(=O)N(C)CCc1ccncc1. The summed E-state index contributed by atoms with van der Waals surface area (Å²) in [5, 5.41) is 0. The maximum absolute atomic E-state index is 12.6. The van der Waals surface area contributed by atoms with E-state index >= 15 is 0 Å². The lowest BCUT2D eigenvalue weighted by molar-refractivity contribution is 0.472. The van der Waals surface area contributed by atoms with Gasteiger partial charge < -0.3 is 5.73 Å². The van der Waals surface area contributed by atoms with Crippen LogP contribution in [0, 0.1) is 6.92 Å². The number of likely N-dealkylation sites (N-methyl/N-ethyl adjacent to an activating group) is 1. The van der Waals surface area contributed by atoms with Crippen molar-refractivity contribution in [2.45, 2.75) is 18.2 Å². The van der Waals surface area contributed by atoms with E-state index in [0.717, 1.165) is 5.56 Å². The van der Waals surface area contributed by atoms with Crippen LogP contribution in [0.1, 0.15) is 11.1 Å². The minimum Gasteiger partial charge on any atom is -0.398 e. The number of nitrogens with two attached hydrogens (primary N) is 1. The van der Waals surface area contributed by atoms with Crippen molar-refractivity contribution < 1.29 is 8.42 Å². The summed E-state index contributed by atoms with van der Waals surface area (Å²) in [5.74, 6) is 0. The van der Waals surface area contributed by atoms with Gasteiger partial charge in [0.05, 0.1) is 5.69 Å². The van der Waals surface area contributed by atoms with Gasteiger partial charge in [-0.2, -0.15) is 0 Å². The van der Waals surface area contributed by atoms with E-state index in [-0.39, 0.29) is 10.6 Å². The molecule has 1 aromatic carbocycles. The Morgan fingerprint density at radius 1 is 1.19 bits per heavy atom. The van der Waals surface area contributed by atoms with Crippen molar-refractivity contribution >= 4 is 15.7 Å². The second-order valence-corrected chi connectivity index (χ2v) is 6.91. The van der Waals surface area contributed by atoms with Crippen LogP contribution in [0.15, 0.2) is 47.6 Å². The average molecular weight is 305 g/mol. The van der Waals surface area contributed by atoms with E-state index in [4.69, 9.17) is 5.73 Å². The lowest BCUT2D eigenvalue weighted by Crippen LogP contribution is -2.30. The second kappa shape index (κ2) is 6.24. The molecule has 112 valence electrons. The summed E-state index contributed by atoms with van der Waals surface area (Å²) >= 11 is 0. The highest BCUT2D eigenvalue weighted by Gasteiger charge is 2.24. The number of benzene rings is 1. The smallest absolute Gasteiger partial charge is 0.245 e. The largest absolute Gasteiger partial charge is 0.398 e. The predicted octanol–water partition coefficient (Wildman–Crippen LogP) is 1.84. The summed E-state index contributed by atoms with van der Waals surface area (Å²) in [6.45, 7) is 2.14. The van der Waals surface area contributed by atoms with Crippen molar-refractivity contribution in [2.75, 3.05) is 19.3 Å². The van der Waals surface area contributed by atoms with Gasteiger partial charge in [-0.3, -0.25) is 4.98 Å². The van der Waals surface area contributed by atoms with Crippen molar-refractivity contribution in [1.82, 2.24) is 9.29 Å². The molecule has 0 unspecified atom stereocenters. The molecule has 0 amide bonds. The highest BCUT2D eigenvalue weighted by atomic mass is 32.2. The van der Waals surface area contributed by atoms with Gasteiger partial charge in [0.25, 0.3) is 0 Å². The Balaban J connectivity index is 2.19. The molecule has 0 aliphatic rings. The molecule has 0 spiro atoms. The lowest BCUT2D eigenvalue weighted by atomic mass is 10.2. The van der Waals surface area contributed by atoms with Gasteiger partial charge in [0, 0.05) is 26.0 Å². The van der Waals surface area contributed by atoms with Crippen LogP contribution in [0.4, 0.5) is 5.69 Å². The third-order valence-corrected chi connectivity index (χ3v) is 5.45. The Morgan fingerprint density at radius 2 is 1.86 bits per heavy atom. The van der Waals surface area contributed by atoms with Crippen LogP contribution in [-0.2, 0) is 16.4 Å². The molecule has 1 heterocycles. The normalized spacial score (nSPS) is 11.8. The van der Waals surface area contributed by atoms with E-state index in [1.165, 1.54) is 4.31 Å². The number of anilines is 1. The number of nitrogens with zero attached hydrogens (tertiary/aromatic N) is 2. The molecule has 0 bridgehead atoms. The van der Waals surface area contributed by atoms with Crippen molar-refractivity contribution in [2.24, 2.45) is 0 Å². The van der Waals surface area contributed by atoms with E-state index < -0.39 is 10.0 Å². The molecular weight excluding hydrogens is 286 g/mol. The minimum absolute atomic E-state index is 0.197. The number of sulfonamides is 1. The van der Waals surface area contributed by atoms with Crippen molar-refractivity contribution in [3.05, 3.63) is 53.9 Å². The van der Waals surface area contributed by atoms with Crippen molar-refractivity contribution in [3.8, 4) is 0 Å². The Kier molecular flexibility index (Phi) is 4.59. The standard InChI is InChI=1S/C15H19N3O2S/c1-12-4-3-5-14(16)15(12)21(19,20)18(2)11-8-13-6-9-17-10-7-13/h3-7,9-10H,8,11,16H2,1-2H3. The Labute approximate surface area is 125 Å². The first-order valence-electron chi connectivity index (χ1n) is 6.63. The van der Waals surface area contributed by atoms with Gasteiger partial charge in [-0.25, -0.2) is 12.7 Å². The third kappa shape index (κ3) is 3.40. The van der Waals surface area contributed by atoms with Crippen LogP contribution in [0.3, 0.4) is 0 Å². The first kappa shape index (κ1) is 15.5. The zero-order valence-electron chi connectivity index (χ0n) is 12.2. The van der Waals surface area contributed by atoms with E-state index in [1.54, 1.807) is 44.6 Å². The first-order chi connectivity index (χ1) is 9.93. The van der Waals surface area contributed by atoms with E-state index in [1.807, 2.05) is 12.1 Å². The highest BCUT2D eigenvalue weighted by molar-refractivity contribution is 7.89. The number of rotatable bonds is 5.